The number of unbranched alkanes of at least 4 members (excludes halogenated alkanes) is 1. The van der Waals surface area contributed by atoms with Crippen molar-refractivity contribution in [2.45, 2.75) is 52.4 Å². The molecule has 3 N–H and O–H groups in total. The number of aryl methyl sites for hydroxylation is 1. The molecule has 7 nitrogen and oxygen atoms in total. The van der Waals surface area contributed by atoms with Crippen LogP contribution >= 0.6 is 0 Å². The molecule has 0 radical (unpaired) electrons. The van der Waals surface area contributed by atoms with E-state index in [4.69, 9.17) is 0 Å². The summed E-state index contributed by atoms with van der Waals surface area (Å²) in [5.74, 6) is 0.740. The number of nitrogens with one attached hydrogen (secondary N) is 3. The van der Waals surface area contributed by atoms with Crippen LogP contribution < -0.4 is 16.6 Å². The summed E-state index contributed by atoms with van der Waals surface area (Å²) in [4.78, 5) is 42.0. The van der Waals surface area contributed by atoms with Crippen molar-refractivity contribution in [3.05, 3.63) is 32.1 Å². The molecule has 1 aromatic heterocycles. The molecule has 1 aromatic rings. The molecular weight excluding hydrogens is 320 g/mol. The molecule has 0 saturated carbocycles. The number of amides is 1. The van der Waals surface area contributed by atoms with Crippen molar-refractivity contribution in [2.24, 2.45) is 5.92 Å². The monoisotopic (exact) mass is 350 g/mol. The molecule has 1 fully saturated rings. The number of piperidine rings is 1. The van der Waals surface area contributed by atoms with Crippen molar-refractivity contribution in [1.82, 2.24) is 20.2 Å². The number of likely N-dealkylation sites (tertiary alicyclic amines) is 1. The van der Waals surface area contributed by atoms with Gasteiger partial charge in [0.1, 0.15) is 0 Å². The molecule has 0 spiro atoms. The first-order valence-electron chi connectivity index (χ1n) is 9.27. The van der Waals surface area contributed by atoms with Crippen LogP contribution in [0.4, 0.5) is 0 Å². The summed E-state index contributed by atoms with van der Waals surface area (Å²) >= 11 is 0. The lowest BCUT2D eigenvalue weighted by molar-refractivity contribution is -0.121. The fraction of sp³-hybridized carbons (Fsp3) is 0.722. The Morgan fingerprint density at radius 3 is 2.80 bits per heavy atom. The van der Waals surface area contributed by atoms with Crippen LogP contribution in [0.3, 0.4) is 0 Å². The van der Waals surface area contributed by atoms with Crippen LogP contribution in [0.2, 0.25) is 0 Å². The summed E-state index contributed by atoms with van der Waals surface area (Å²) in [7, 11) is 0. The molecular formula is C18H30N4O3. The molecule has 1 atom stereocenters. The Bertz CT molecular complexity index is 680. The van der Waals surface area contributed by atoms with Gasteiger partial charge in [0.05, 0.1) is 0 Å². The van der Waals surface area contributed by atoms with Crippen LogP contribution in [0.15, 0.2) is 9.59 Å². The quantitative estimate of drug-likeness (QED) is 0.608. The van der Waals surface area contributed by atoms with Crippen molar-refractivity contribution < 1.29 is 4.79 Å². The SMILES string of the molecule is Cc1[nH]c(=O)[nH]c(=O)c1CCC(=O)NCCCCN1CCCC(C)C1. The van der Waals surface area contributed by atoms with Crippen LogP contribution in [0.1, 0.15) is 50.3 Å². The third kappa shape index (κ3) is 6.49. The van der Waals surface area contributed by atoms with Crippen LogP contribution in [-0.4, -0.2) is 47.0 Å². The molecule has 2 rings (SSSR count). The Morgan fingerprint density at radius 2 is 2.08 bits per heavy atom. The fourth-order valence-corrected chi connectivity index (χ4v) is 3.43. The summed E-state index contributed by atoms with van der Waals surface area (Å²) in [6.45, 7) is 8.14. The molecule has 1 aliphatic heterocycles. The van der Waals surface area contributed by atoms with E-state index in [-0.39, 0.29) is 12.3 Å². The molecule has 0 aliphatic carbocycles. The van der Waals surface area contributed by atoms with Gasteiger partial charge in [0.15, 0.2) is 0 Å². The van der Waals surface area contributed by atoms with Gasteiger partial charge < -0.3 is 15.2 Å². The third-order valence-electron chi connectivity index (χ3n) is 4.82. The second kappa shape index (κ2) is 9.56. The molecule has 2 heterocycles. The maximum absolute atomic E-state index is 11.9. The summed E-state index contributed by atoms with van der Waals surface area (Å²) in [6.07, 6.45) is 5.26. The van der Waals surface area contributed by atoms with Gasteiger partial charge in [-0.3, -0.25) is 14.6 Å². The molecule has 140 valence electrons. The van der Waals surface area contributed by atoms with E-state index in [2.05, 4.69) is 27.1 Å². The maximum atomic E-state index is 11.9. The summed E-state index contributed by atoms with van der Waals surface area (Å²) < 4.78 is 0. The largest absolute Gasteiger partial charge is 0.356 e. The average Bonchev–Trinajstić information content (AvgIpc) is 2.53. The van der Waals surface area contributed by atoms with Crippen LogP contribution in [0.5, 0.6) is 0 Å². The minimum atomic E-state index is -0.515. The van der Waals surface area contributed by atoms with Crippen molar-refractivity contribution in [2.75, 3.05) is 26.2 Å². The molecule has 0 aromatic carbocycles. The minimum Gasteiger partial charge on any atom is -0.356 e. The number of rotatable bonds is 8. The second-order valence-electron chi connectivity index (χ2n) is 7.12. The van der Waals surface area contributed by atoms with E-state index in [0.29, 0.717) is 24.2 Å². The molecule has 0 bridgehead atoms. The number of nitrogens with zero attached hydrogens (tertiary/aromatic N) is 1. The van der Waals surface area contributed by atoms with E-state index in [1.807, 2.05) is 0 Å². The van der Waals surface area contributed by atoms with Gasteiger partial charge in [-0.1, -0.05) is 6.92 Å². The van der Waals surface area contributed by atoms with E-state index in [1.165, 1.54) is 25.9 Å². The third-order valence-corrected chi connectivity index (χ3v) is 4.82. The molecule has 1 amide bonds. The zero-order valence-electron chi connectivity index (χ0n) is 15.3. The Hall–Kier alpha value is -1.89. The summed E-state index contributed by atoms with van der Waals surface area (Å²) in [5, 5.41) is 2.91. The van der Waals surface area contributed by atoms with Crippen molar-refractivity contribution >= 4 is 5.91 Å². The molecule has 7 heteroatoms. The number of hydrogen-bond acceptors (Lipinski definition) is 4. The summed E-state index contributed by atoms with van der Waals surface area (Å²) in [6, 6.07) is 0. The minimum absolute atomic E-state index is 0.0587. The van der Waals surface area contributed by atoms with E-state index in [9.17, 15) is 14.4 Å². The van der Waals surface area contributed by atoms with Gasteiger partial charge in [-0.05, 0) is 58.0 Å². The smallest absolute Gasteiger partial charge is 0.325 e. The number of carbonyl (C=O) groups excluding carboxylic acids is 1. The number of hydrogen-bond donors (Lipinski definition) is 3. The molecule has 1 aliphatic rings. The van der Waals surface area contributed by atoms with E-state index in [0.717, 1.165) is 25.3 Å². The number of H-pyrrole nitrogens is 2. The van der Waals surface area contributed by atoms with Gasteiger partial charge in [-0.2, -0.15) is 0 Å². The normalized spacial score (nSPS) is 18.2. The Kier molecular flexibility index (Phi) is 7.43. The average molecular weight is 350 g/mol. The highest BCUT2D eigenvalue weighted by molar-refractivity contribution is 5.76. The van der Waals surface area contributed by atoms with Gasteiger partial charge >= 0.3 is 5.69 Å². The Labute approximate surface area is 148 Å². The molecule has 1 unspecified atom stereocenters. The first kappa shape index (κ1) is 19.4. The number of carbonyl (C=O) groups is 1. The predicted octanol–water partition coefficient (Wildman–Crippen LogP) is 0.933. The highest BCUT2D eigenvalue weighted by Crippen LogP contribution is 2.15. The topological polar surface area (TPSA) is 98.1 Å². The van der Waals surface area contributed by atoms with Gasteiger partial charge in [0, 0.05) is 30.8 Å². The lowest BCUT2D eigenvalue weighted by Crippen LogP contribution is -2.35. The van der Waals surface area contributed by atoms with Gasteiger partial charge in [-0.25, -0.2) is 4.79 Å². The van der Waals surface area contributed by atoms with Gasteiger partial charge in [0.2, 0.25) is 5.91 Å². The van der Waals surface area contributed by atoms with Crippen LogP contribution in [0, 0.1) is 12.8 Å². The highest BCUT2D eigenvalue weighted by Gasteiger charge is 2.15. The van der Waals surface area contributed by atoms with E-state index < -0.39 is 11.2 Å². The first-order chi connectivity index (χ1) is 12.0. The van der Waals surface area contributed by atoms with Gasteiger partial charge in [0.25, 0.3) is 5.56 Å². The van der Waals surface area contributed by atoms with Crippen LogP contribution in [0.25, 0.3) is 0 Å². The maximum Gasteiger partial charge on any atom is 0.325 e. The zero-order valence-corrected chi connectivity index (χ0v) is 15.3. The van der Waals surface area contributed by atoms with Gasteiger partial charge in [-0.15, -0.1) is 0 Å². The lowest BCUT2D eigenvalue weighted by atomic mass is 10.0. The lowest BCUT2D eigenvalue weighted by Gasteiger charge is -2.30. The first-order valence-corrected chi connectivity index (χ1v) is 9.27. The van der Waals surface area contributed by atoms with Crippen molar-refractivity contribution in [3.8, 4) is 0 Å². The van der Waals surface area contributed by atoms with Crippen molar-refractivity contribution in [3.63, 3.8) is 0 Å². The second-order valence-corrected chi connectivity index (χ2v) is 7.12. The number of aromatic nitrogens is 2. The Morgan fingerprint density at radius 1 is 1.28 bits per heavy atom. The highest BCUT2D eigenvalue weighted by atomic mass is 16.2. The molecule has 1 saturated heterocycles. The van der Waals surface area contributed by atoms with E-state index >= 15 is 0 Å². The van der Waals surface area contributed by atoms with Crippen LogP contribution in [-0.2, 0) is 11.2 Å². The standard InChI is InChI=1S/C18H30N4O3/c1-13-6-5-11-22(12-13)10-4-3-9-19-16(23)8-7-15-14(2)20-18(25)21-17(15)24/h13H,3-12H2,1-2H3,(H,19,23)(H2,20,21,24,25). The Balaban J connectivity index is 1.61. The van der Waals surface area contributed by atoms with Crippen molar-refractivity contribution in [1.29, 1.82) is 0 Å². The number of aromatic amines is 2. The summed E-state index contributed by atoms with van der Waals surface area (Å²) in [5.41, 5.74) is 0.0647. The predicted molar refractivity (Wildman–Crippen MR) is 97.8 cm³/mol. The fourth-order valence-electron chi connectivity index (χ4n) is 3.43. The van der Waals surface area contributed by atoms with E-state index in [1.54, 1.807) is 6.92 Å². The zero-order chi connectivity index (χ0) is 18.2. The molecule has 25 heavy (non-hydrogen) atoms.